The minimum Gasteiger partial charge on any atom is -0.378 e. The van der Waals surface area contributed by atoms with Gasteiger partial charge in [-0.1, -0.05) is 23.5 Å². The maximum atomic E-state index is 13.8. The quantitative estimate of drug-likeness (QED) is 0.297. The lowest BCUT2D eigenvalue weighted by Crippen LogP contribution is -2.42. The van der Waals surface area contributed by atoms with Gasteiger partial charge in [-0.05, 0) is 54.0 Å². The lowest BCUT2D eigenvalue weighted by atomic mass is 9.68. The number of non-ortho nitro benzene ring substituents is 1. The van der Waals surface area contributed by atoms with Crippen molar-refractivity contribution in [1.82, 2.24) is 4.98 Å². The molecule has 7 rings (SSSR count). The number of aromatic nitrogens is 1. The lowest BCUT2D eigenvalue weighted by molar-refractivity contribution is -0.384. The van der Waals surface area contributed by atoms with E-state index in [9.17, 15) is 24.5 Å². The van der Waals surface area contributed by atoms with E-state index in [0.29, 0.717) is 5.69 Å². The average molecular weight is 549 g/mol. The van der Waals surface area contributed by atoms with Gasteiger partial charge in [-0.2, -0.15) is 0 Å². The highest BCUT2D eigenvalue weighted by Crippen LogP contribution is 2.68. The fourth-order valence-corrected chi connectivity index (χ4v) is 10.2. The predicted octanol–water partition coefficient (Wildman–Crippen LogP) is 4.09. The smallest absolute Gasteiger partial charge is 0.305 e. The number of anilines is 2. The maximum absolute atomic E-state index is 13.8. The molecule has 11 heteroatoms. The van der Waals surface area contributed by atoms with E-state index in [2.05, 4.69) is 29.2 Å². The number of nitro benzene ring substituents is 1. The normalized spacial score (nSPS) is 30.8. The highest BCUT2D eigenvalue weighted by Gasteiger charge is 2.69. The molecule has 2 bridgehead atoms. The van der Waals surface area contributed by atoms with Crippen LogP contribution in [0.3, 0.4) is 0 Å². The van der Waals surface area contributed by atoms with Crippen molar-refractivity contribution in [3.8, 4) is 0 Å². The number of thiazole rings is 1. The molecule has 4 aliphatic rings. The second-order valence-corrected chi connectivity index (χ2v) is 12.9. The Kier molecular flexibility index (Phi) is 5.15. The number of H-pyrrole nitrogens is 1. The summed E-state index contributed by atoms with van der Waals surface area (Å²) in [4.78, 5) is 57.8. The van der Waals surface area contributed by atoms with E-state index >= 15 is 0 Å². The van der Waals surface area contributed by atoms with Gasteiger partial charge >= 0.3 is 4.87 Å². The molecule has 2 amide bonds. The van der Waals surface area contributed by atoms with Gasteiger partial charge in [0, 0.05) is 48.0 Å². The van der Waals surface area contributed by atoms with Crippen LogP contribution in [0.4, 0.5) is 17.1 Å². The molecule has 1 N–H and O–H groups in total. The molecule has 2 aliphatic heterocycles. The van der Waals surface area contributed by atoms with Gasteiger partial charge < -0.3 is 9.88 Å². The summed E-state index contributed by atoms with van der Waals surface area (Å²) in [5.41, 5.74) is 2.50. The van der Waals surface area contributed by atoms with Crippen molar-refractivity contribution in [3.05, 3.63) is 78.8 Å². The van der Waals surface area contributed by atoms with Crippen LogP contribution in [0.2, 0.25) is 0 Å². The molecule has 194 valence electrons. The summed E-state index contributed by atoms with van der Waals surface area (Å²) in [7, 11) is 3.99. The summed E-state index contributed by atoms with van der Waals surface area (Å²) >= 11 is 2.91. The third kappa shape index (κ3) is 3.21. The van der Waals surface area contributed by atoms with Gasteiger partial charge in [0.2, 0.25) is 11.8 Å². The Labute approximate surface area is 226 Å². The van der Waals surface area contributed by atoms with Gasteiger partial charge in [0.1, 0.15) is 0 Å². The molecule has 3 fully saturated rings. The van der Waals surface area contributed by atoms with E-state index < -0.39 is 16.8 Å². The zero-order valence-corrected chi connectivity index (χ0v) is 22.2. The first-order valence-electron chi connectivity index (χ1n) is 12.5. The molecular formula is C27H24N4O5S2. The van der Waals surface area contributed by atoms with Gasteiger partial charge in [-0.15, -0.1) is 11.8 Å². The van der Waals surface area contributed by atoms with Gasteiger partial charge in [-0.25, -0.2) is 0 Å². The van der Waals surface area contributed by atoms with Crippen LogP contribution < -0.4 is 14.7 Å². The summed E-state index contributed by atoms with van der Waals surface area (Å²) in [5, 5.41) is 12.1. The second-order valence-electron chi connectivity index (χ2n) is 10.7. The van der Waals surface area contributed by atoms with Crippen LogP contribution in [-0.4, -0.2) is 41.1 Å². The zero-order valence-electron chi connectivity index (χ0n) is 20.6. The topological polar surface area (TPSA) is 117 Å². The molecule has 3 aromatic rings. The largest absolute Gasteiger partial charge is 0.378 e. The van der Waals surface area contributed by atoms with E-state index in [1.165, 1.54) is 40.5 Å². The lowest BCUT2D eigenvalue weighted by Gasteiger charge is -2.43. The number of hydrogen-bond acceptors (Lipinski definition) is 8. The molecular weight excluding hydrogens is 524 g/mol. The molecule has 38 heavy (non-hydrogen) atoms. The number of nitro groups is 1. The van der Waals surface area contributed by atoms with E-state index in [1.54, 1.807) is 11.8 Å². The fraction of sp³-hybridized carbons (Fsp3) is 0.370. The van der Waals surface area contributed by atoms with Gasteiger partial charge in [0.15, 0.2) is 0 Å². The highest BCUT2D eigenvalue weighted by molar-refractivity contribution is 8.00. The number of aromatic amines is 1. The van der Waals surface area contributed by atoms with Crippen molar-refractivity contribution < 1.29 is 14.5 Å². The number of rotatable bonds is 4. The third-order valence-electron chi connectivity index (χ3n) is 8.81. The number of hydrogen-bond donors (Lipinski definition) is 1. The first kappa shape index (κ1) is 23.7. The molecule has 3 heterocycles. The Morgan fingerprint density at radius 1 is 0.974 bits per heavy atom. The Hall–Kier alpha value is -3.44. The predicted molar refractivity (Wildman–Crippen MR) is 145 cm³/mol. The van der Waals surface area contributed by atoms with Crippen LogP contribution in [0.5, 0.6) is 0 Å². The molecule has 0 unspecified atom stereocenters. The van der Waals surface area contributed by atoms with Crippen LogP contribution in [0.1, 0.15) is 22.8 Å². The zero-order chi connectivity index (χ0) is 26.5. The number of nitrogens with one attached hydrogen (secondary N) is 1. The van der Waals surface area contributed by atoms with Crippen LogP contribution in [0.15, 0.2) is 58.4 Å². The minimum absolute atomic E-state index is 0.0193. The average Bonchev–Trinajstić information content (AvgIpc) is 3.63. The van der Waals surface area contributed by atoms with Gasteiger partial charge in [0.25, 0.3) is 5.69 Å². The molecule has 0 spiro atoms. The Morgan fingerprint density at radius 2 is 1.63 bits per heavy atom. The summed E-state index contributed by atoms with van der Waals surface area (Å²) in [6.07, 6.45) is 0.814. The van der Waals surface area contributed by atoms with Crippen LogP contribution in [0, 0.1) is 39.7 Å². The number of thioether (sulfide) groups is 1. The van der Waals surface area contributed by atoms with Gasteiger partial charge in [0.05, 0.1) is 27.5 Å². The van der Waals surface area contributed by atoms with Crippen molar-refractivity contribution in [2.75, 3.05) is 23.9 Å². The molecule has 1 aromatic heterocycles. The molecule has 7 atom stereocenters. The fourth-order valence-electron chi connectivity index (χ4n) is 7.35. The number of amides is 2. The number of nitrogens with zero attached hydrogens (tertiary/aromatic N) is 3. The standard InChI is InChI=1S/C27H24N4O5S2/c1-29(2)13-5-3-12(4-6-13)18-19-16-11-17(22(19)37-24-23(18)38-27(34)28-24)21-20(16)25(32)30(26(21)33)14-7-9-15(10-8-14)31(35)36/h3-10,16-22H,11H2,1-2H3,(H,28,34)/t16-,17-,18-,19+,20-,21-,22+/m1/s1. The Balaban J connectivity index is 1.28. The summed E-state index contributed by atoms with van der Waals surface area (Å²) < 4.78 is 0. The maximum Gasteiger partial charge on any atom is 0.305 e. The highest BCUT2D eigenvalue weighted by atomic mass is 32.2. The molecule has 2 aliphatic carbocycles. The summed E-state index contributed by atoms with van der Waals surface area (Å²) in [6, 6.07) is 14.0. The molecule has 2 saturated carbocycles. The summed E-state index contributed by atoms with van der Waals surface area (Å²) in [5.74, 6) is -1.08. The number of carbonyl (C=O) groups is 2. The summed E-state index contributed by atoms with van der Waals surface area (Å²) in [6.45, 7) is 0. The minimum atomic E-state index is -0.498. The van der Waals surface area contributed by atoms with E-state index in [1.807, 2.05) is 19.0 Å². The van der Waals surface area contributed by atoms with E-state index in [4.69, 9.17) is 0 Å². The van der Waals surface area contributed by atoms with Crippen molar-refractivity contribution in [2.24, 2.45) is 29.6 Å². The van der Waals surface area contributed by atoms with Crippen LogP contribution in [0.25, 0.3) is 0 Å². The SMILES string of the molecule is CN(C)c1ccc([C@H]2c3sc(=O)[nH]c3S[C@H]3[C@@H]4C[C@@H]([C@H]5C(=O)N(c6ccc([N+](=O)[O-])cc6)C(=O)[C@H]45)[C@@H]23)cc1. The molecule has 9 nitrogen and oxygen atoms in total. The van der Waals surface area contributed by atoms with Crippen LogP contribution >= 0.6 is 23.1 Å². The van der Waals surface area contributed by atoms with Crippen molar-refractivity contribution in [2.45, 2.75) is 22.6 Å². The second kappa shape index (κ2) is 8.28. The van der Waals surface area contributed by atoms with Crippen molar-refractivity contribution in [3.63, 3.8) is 0 Å². The monoisotopic (exact) mass is 548 g/mol. The molecule has 2 aromatic carbocycles. The van der Waals surface area contributed by atoms with E-state index in [0.717, 1.165) is 27.6 Å². The Bertz CT molecular complexity index is 1550. The van der Waals surface area contributed by atoms with Gasteiger partial charge in [-0.3, -0.25) is 29.4 Å². The van der Waals surface area contributed by atoms with Crippen molar-refractivity contribution >= 4 is 52.0 Å². The molecule has 0 radical (unpaired) electrons. The molecule has 1 saturated heterocycles. The number of carbonyl (C=O) groups excluding carboxylic acids is 2. The third-order valence-corrected chi connectivity index (χ3v) is 11.4. The number of fused-ring (bicyclic) bond motifs is 9. The first-order valence-corrected chi connectivity index (χ1v) is 14.2. The first-order chi connectivity index (χ1) is 18.2. The number of imide groups is 1. The van der Waals surface area contributed by atoms with Crippen molar-refractivity contribution in [1.29, 1.82) is 0 Å². The van der Waals surface area contributed by atoms with Crippen LogP contribution in [-0.2, 0) is 9.59 Å². The number of benzene rings is 2. The van der Waals surface area contributed by atoms with E-state index in [-0.39, 0.29) is 51.3 Å². The Morgan fingerprint density at radius 3 is 2.26 bits per heavy atom.